The first-order valence-corrected chi connectivity index (χ1v) is 8.14. The lowest BCUT2D eigenvalue weighted by Crippen LogP contribution is -2.43. The molecule has 0 bridgehead atoms. The monoisotopic (exact) mass is 396 g/mol. The van der Waals surface area contributed by atoms with Gasteiger partial charge in [0.15, 0.2) is 0 Å². The van der Waals surface area contributed by atoms with Crippen LogP contribution in [0.25, 0.3) is 0 Å². The SMILES string of the molecule is CN(CCc1ccc(Br)cc1)C(=O)[C@@H](N)Cc1ccccc1.Cl. The summed E-state index contributed by atoms with van der Waals surface area (Å²) in [5.74, 6) is -0.0130. The normalized spacial score (nSPS) is 11.4. The largest absolute Gasteiger partial charge is 0.344 e. The average molecular weight is 398 g/mol. The Morgan fingerprint density at radius 1 is 1.09 bits per heavy atom. The van der Waals surface area contributed by atoms with Crippen LogP contribution >= 0.6 is 28.3 Å². The van der Waals surface area contributed by atoms with Gasteiger partial charge in [0.25, 0.3) is 0 Å². The minimum absolute atomic E-state index is 0. The smallest absolute Gasteiger partial charge is 0.239 e. The van der Waals surface area contributed by atoms with Crippen molar-refractivity contribution in [2.75, 3.05) is 13.6 Å². The molecule has 1 atom stereocenters. The number of hydrogen-bond acceptors (Lipinski definition) is 2. The number of likely N-dealkylation sites (N-methyl/N-ethyl adjacent to an activating group) is 1. The molecule has 3 nitrogen and oxygen atoms in total. The Kier molecular flexibility index (Phi) is 8.31. The van der Waals surface area contributed by atoms with Crippen molar-refractivity contribution >= 4 is 34.2 Å². The van der Waals surface area contributed by atoms with Gasteiger partial charge in [-0.2, -0.15) is 0 Å². The minimum atomic E-state index is -0.489. The molecule has 0 radical (unpaired) electrons. The minimum Gasteiger partial charge on any atom is -0.344 e. The molecule has 5 heteroatoms. The number of halogens is 2. The molecule has 0 aliphatic rings. The van der Waals surface area contributed by atoms with Crippen LogP contribution < -0.4 is 5.73 Å². The van der Waals surface area contributed by atoms with Crippen molar-refractivity contribution in [1.29, 1.82) is 0 Å². The first-order valence-electron chi connectivity index (χ1n) is 7.35. The Bertz CT molecular complexity index is 604. The number of hydrogen-bond donors (Lipinski definition) is 1. The number of benzene rings is 2. The highest BCUT2D eigenvalue weighted by Crippen LogP contribution is 2.11. The molecule has 0 fully saturated rings. The van der Waals surface area contributed by atoms with Crippen molar-refractivity contribution in [3.05, 3.63) is 70.2 Å². The van der Waals surface area contributed by atoms with Crippen LogP contribution in [0.4, 0.5) is 0 Å². The number of carbonyl (C=O) groups excluding carboxylic acids is 1. The molecule has 2 rings (SSSR count). The number of carbonyl (C=O) groups is 1. The van der Waals surface area contributed by atoms with Gasteiger partial charge >= 0.3 is 0 Å². The van der Waals surface area contributed by atoms with Crippen LogP contribution in [0, 0.1) is 0 Å². The summed E-state index contributed by atoms with van der Waals surface area (Å²) in [5.41, 5.74) is 8.34. The van der Waals surface area contributed by atoms with E-state index in [1.807, 2.05) is 49.5 Å². The molecular formula is C18H22BrClN2O. The van der Waals surface area contributed by atoms with Gasteiger partial charge in [0.1, 0.15) is 0 Å². The summed E-state index contributed by atoms with van der Waals surface area (Å²) in [7, 11) is 1.81. The second-order valence-corrected chi connectivity index (χ2v) is 6.35. The lowest BCUT2D eigenvalue weighted by atomic mass is 10.1. The van der Waals surface area contributed by atoms with Crippen molar-refractivity contribution < 1.29 is 4.79 Å². The molecule has 2 aromatic carbocycles. The summed E-state index contributed by atoms with van der Waals surface area (Å²) < 4.78 is 1.06. The van der Waals surface area contributed by atoms with E-state index in [4.69, 9.17) is 5.73 Å². The standard InChI is InChI=1S/C18H21BrN2O.ClH/c1-21(12-11-14-7-9-16(19)10-8-14)18(22)17(20)13-15-5-3-2-4-6-15;/h2-10,17H,11-13,20H2,1H3;1H/t17-;/m0./s1. The van der Waals surface area contributed by atoms with Crippen molar-refractivity contribution in [2.45, 2.75) is 18.9 Å². The quantitative estimate of drug-likeness (QED) is 0.811. The summed E-state index contributed by atoms with van der Waals surface area (Å²) in [5, 5.41) is 0. The van der Waals surface area contributed by atoms with E-state index in [1.54, 1.807) is 4.90 Å². The van der Waals surface area contributed by atoms with Crippen LogP contribution in [0.2, 0.25) is 0 Å². The van der Waals surface area contributed by atoms with E-state index >= 15 is 0 Å². The maximum absolute atomic E-state index is 12.3. The summed E-state index contributed by atoms with van der Waals surface area (Å²) in [6.45, 7) is 0.670. The highest BCUT2D eigenvalue weighted by atomic mass is 79.9. The maximum Gasteiger partial charge on any atom is 0.239 e. The van der Waals surface area contributed by atoms with E-state index < -0.39 is 6.04 Å². The molecule has 0 saturated heterocycles. The zero-order valence-electron chi connectivity index (χ0n) is 13.1. The van der Waals surface area contributed by atoms with Gasteiger partial charge in [-0.05, 0) is 36.1 Å². The predicted octanol–water partition coefficient (Wildman–Crippen LogP) is 3.44. The molecule has 0 unspecified atom stereocenters. The first-order chi connectivity index (χ1) is 10.6. The third-order valence-electron chi connectivity index (χ3n) is 3.64. The van der Waals surface area contributed by atoms with Gasteiger partial charge in [-0.15, -0.1) is 12.4 Å². The summed E-state index contributed by atoms with van der Waals surface area (Å²) >= 11 is 3.42. The summed E-state index contributed by atoms with van der Waals surface area (Å²) in [6.07, 6.45) is 1.40. The maximum atomic E-state index is 12.3. The summed E-state index contributed by atoms with van der Waals surface area (Å²) in [6, 6.07) is 17.5. The Morgan fingerprint density at radius 2 is 1.70 bits per heavy atom. The fourth-order valence-corrected chi connectivity index (χ4v) is 2.56. The zero-order chi connectivity index (χ0) is 15.9. The molecule has 2 aromatic rings. The van der Waals surface area contributed by atoms with Crippen LogP contribution in [0.1, 0.15) is 11.1 Å². The highest BCUT2D eigenvalue weighted by Gasteiger charge is 2.18. The average Bonchev–Trinajstić information content (AvgIpc) is 2.54. The second kappa shape index (κ2) is 9.71. The van der Waals surface area contributed by atoms with Crippen LogP contribution in [-0.4, -0.2) is 30.4 Å². The number of amides is 1. The highest BCUT2D eigenvalue weighted by molar-refractivity contribution is 9.10. The zero-order valence-corrected chi connectivity index (χ0v) is 15.5. The first kappa shape index (κ1) is 19.7. The third kappa shape index (κ3) is 6.34. The van der Waals surface area contributed by atoms with Crippen molar-refractivity contribution in [1.82, 2.24) is 4.90 Å². The van der Waals surface area contributed by atoms with Crippen LogP contribution in [-0.2, 0) is 17.6 Å². The lowest BCUT2D eigenvalue weighted by Gasteiger charge is -2.21. The molecule has 0 heterocycles. The van der Waals surface area contributed by atoms with Crippen LogP contribution in [0.15, 0.2) is 59.1 Å². The molecule has 0 aliphatic carbocycles. The molecule has 2 N–H and O–H groups in total. The van der Waals surface area contributed by atoms with E-state index in [0.29, 0.717) is 13.0 Å². The molecule has 0 aliphatic heterocycles. The van der Waals surface area contributed by atoms with E-state index in [1.165, 1.54) is 5.56 Å². The molecule has 0 spiro atoms. The second-order valence-electron chi connectivity index (χ2n) is 5.43. The van der Waals surface area contributed by atoms with Crippen LogP contribution in [0.5, 0.6) is 0 Å². The van der Waals surface area contributed by atoms with Crippen molar-refractivity contribution in [3.8, 4) is 0 Å². The lowest BCUT2D eigenvalue weighted by molar-refractivity contribution is -0.131. The van der Waals surface area contributed by atoms with E-state index in [2.05, 4.69) is 28.1 Å². The summed E-state index contributed by atoms with van der Waals surface area (Å²) in [4.78, 5) is 14.0. The Hall–Kier alpha value is -1.36. The molecule has 0 aromatic heterocycles. The molecule has 0 saturated carbocycles. The van der Waals surface area contributed by atoms with Crippen molar-refractivity contribution in [3.63, 3.8) is 0 Å². The molecule has 23 heavy (non-hydrogen) atoms. The van der Waals surface area contributed by atoms with E-state index in [9.17, 15) is 4.79 Å². The van der Waals surface area contributed by atoms with Crippen LogP contribution in [0.3, 0.4) is 0 Å². The van der Waals surface area contributed by atoms with Gasteiger partial charge in [0, 0.05) is 18.1 Å². The van der Waals surface area contributed by atoms with Gasteiger partial charge < -0.3 is 10.6 Å². The van der Waals surface area contributed by atoms with Gasteiger partial charge in [-0.25, -0.2) is 0 Å². The molecular weight excluding hydrogens is 376 g/mol. The fraction of sp³-hybridized carbons (Fsp3) is 0.278. The number of nitrogens with zero attached hydrogens (tertiary/aromatic N) is 1. The number of nitrogens with two attached hydrogens (primary N) is 1. The Labute approximate surface area is 152 Å². The topological polar surface area (TPSA) is 46.3 Å². The van der Waals surface area contributed by atoms with Gasteiger partial charge in [0.05, 0.1) is 6.04 Å². The Balaban J connectivity index is 0.00000264. The molecule has 124 valence electrons. The van der Waals surface area contributed by atoms with Gasteiger partial charge in [0.2, 0.25) is 5.91 Å². The fourth-order valence-electron chi connectivity index (χ4n) is 2.30. The third-order valence-corrected chi connectivity index (χ3v) is 4.17. The predicted molar refractivity (Wildman–Crippen MR) is 101 cm³/mol. The number of rotatable bonds is 6. The van der Waals surface area contributed by atoms with E-state index in [0.717, 1.165) is 16.5 Å². The van der Waals surface area contributed by atoms with Gasteiger partial charge in [-0.1, -0.05) is 58.4 Å². The Morgan fingerprint density at radius 3 is 2.30 bits per heavy atom. The van der Waals surface area contributed by atoms with E-state index in [-0.39, 0.29) is 18.3 Å². The van der Waals surface area contributed by atoms with Crippen molar-refractivity contribution in [2.24, 2.45) is 5.73 Å². The molecule has 1 amide bonds. The van der Waals surface area contributed by atoms with Gasteiger partial charge in [-0.3, -0.25) is 4.79 Å².